The first kappa shape index (κ1) is 24.0. The molecule has 1 aliphatic rings. The van der Waals surface area contributed by atoms with Crippen LogP contribution in [0.2, 0.25) is 0 Å². The minimum Gasteiger partial charge on any atom is -0.430 e. The maximum Gasteiger partial charge on any atom is 0.439 e. The van der Waals surface area contributed by atoms with Gasteiger partial charge in [0.05, 0.1) is 0 Å². The third-order valence-corrected chi connectivity index (χ3v) is 5.70. The lowest BCUT2D eigenvalue weighted by atomic mass is 9.79. The molecule has 0 spiro atoms. The van der Waals surface area contributed by atoms with Crippen LogP contribution in [0.1, 0.15) is 55.2 Å². The maximum atomic E-state index is 13.3. The van der Waals surface area contributed by atoms with Crippen LogP contribution >= 0.6 is 0 Å². The second-order valence-corrected chi connectivity index (χ2v) is 8.01. The van der Waals surface area contributed by atoms with Crippen molar-refractivity contribution in [3.63, 3.8) is 0 Å². The molecule has 0 aromatic heterocycles. The standard InChI is InChI=1S/C25H24F6O/c1-2-17-5-11-20(12-6-17)21-13-7-18(8-14-21)3-4-19-9-15-22(16-10-19)32-25(30,31)23(26)24(27,28)29/h5-6,9-12,15-16,18,21,23H,2,7-8,13-14H2,1H3. The Bertz CT molecular complexity index is 930. The Hall–Kier alpha value is -2.62. The van der Waals surface area contributed by atoms with E-state index in [0.29, 0.717) is 11.5 Å². The summed E-state index contributed by atoms with van der Waals surface area (Å²) in [5.74, 6) is 6.34. The number of halogens is 6. The molecule has 0 N–H and O–H groups in total. The minimum absolute atomic E-state index is 0.223. The van der Waals surface area contributed by atoms with E-state index >= 15 is 0 Å². The van der Waals surface area contributed by atoms with E-state index in [0.717, 1.165) is 44.2 Å². The molecule has 7 heteroatoms. The lowest BCUT2D eigenvalue weighted by molar-refractivity contribution is -0.304. The normalized spacial score (nSPS) is 20.2. The second-order valence-electron chi connectivity index (χ2n) is 8.01. The van der Waals surface area contributed by atoms with Crippen LogP contribution in [0.3, 0.4) is 0 Å². The topological polar surface area (TPSA) is 9.23 Å². The molecule has 0 bridgehead atoms. The molecule has 3 rings (SSSR count). The summed E-state index contributed by atoms with van der Waals surface area (Å²) >= 11 is 0. The molecular formula is C25H24F6O. The molecule has 0 heterocycles. The summed E-state index contributed by atoms with van der Waals surface area (Å²) in [6.07, 6.45) is -10.1. The van der Waals surface area contributed by atoms with Crippen molar-refractivity contribution in [1.82, 2.24) is 0 Å². The second kappa shape index (κ2) is 9.89. The summed E-state index contributed by atoms with van der Waals surface area (Å²) in [6.45, 7) is 2.13. The molecule has 0 aliphatic heterocycles. The van der Waals surface area contributed by atoms with Gasteiger partial charge < -0.3 is 4.74 Å². The fourth-order valence-electron chi connectivity index (χ4n) is 3.79. The summed E-state index contributed by atoms with van der Waals surface area (Å²) in [5, 5.41) is 0. The van der Waals surface area contributed by atoms with Gasteiger partial charge >= 0.3 is 12.3 Å². The zero-order valence-electron chi connectivity index (χ0n) is 17.6. The van der Waals surface area contributed by atoms with Crippen molar-refractivity contribution in [2.24, 2.45) is 5.92 Å². The Kier molecular flexibility index (Phi) is 7.43. The zero-order valence-corrected chi connectivity index (χ0v) is 17.6. The van der Waals surface area contributed by atoms with Gasteiger partial charge in [-0.25, -0.2) is 4.39 Å². The van der Waals surface area contributed by atoms with Crippen LogP contribution < -0.4 is 4.74 Å². The Morgan fingerprint density at radius 2 is 1.50 bits per heavy atom. The Morgan fingerprint density at radius 1 is 0.906 bits per heavy atom. The van der Waals surface area contributed by atoms with Crippen molar-refractivity contribution in [3.8, 4) is 17.6 Å². The van der Waals surface area contributed by atoms with Gasteiger partial charge in [-0.15, -0.1) is 0 Å². The summed E-state index contributed by atoms with van der Waals surface area (Å²) in [7, 11) is 0. The van der Waals surface area contributed by atoms with E-state index in [1.54, 1.807) is 0 Å². The van der Waals surface area contributed by atoms with Gasteiger partial charge in [0, 0.05) is 11.5 Å². The molecule has 1 saturated carbocycles. The van der Waals surface area contributed by atoms with Crippen molar-refractivity contribution >= 4 is 0 Å². The van der Waals surface area contributed by atoms with Crippen molar-refractivity contribution < 1.29 is 31.1 Å². The number of rotatable bonds is 5. The van der Waals surface area contributed by atoms with Gasteiger partial charge in [-0.2, -0.15) is 22.0 Å². The molecule has 0 amide bonds. The first-order valence-electron chi connectivity index (χ1n) is 10.6. The zero-order chi connectivity index (χ0) is 23.4. The van der Waals surface area contributed by atoms with E-state index < -0.39 is 24.2 Å². The SMILES string of the molecule is CCc1ccc(C2CCC(C#Cc3ccc(OC(F)(F)C(F)C(F)(F)F)cc3)CC2)cc1. The summed E-state index contributed by atoms with van der Waals surface area (Å²) < 4.78 is 80.1. The van der Waals surface area contributed by atoms with Gasteiger partial charge in [0.15, 0.2) is 0 Å². The van der Waals surface area contributed by atoms with Crippen LogP contribution in [-0.4, -0.2) is 18.5 Å². The van der Waals surface area contributed by atoms with Crippen molar-refractivity contribution in [2.75, 3.05) is 0 Å². The largest absolute Gasteiger partial charge is 0.439 e. The lowest BCUT2D eigenvalue weighted by Crippen LogP contribution is -2.45. The van der Waals surface area contributed by atoms with Crippen molar-refractivity contribution in [1.29, 1.82) is 0 Å². The minimum atomic E-state index is -5.72. The van der Waals surface area contributed by atoms with Crippen LogP contribution in [0.15, 0.2) is 48.5 Å². The van der Waals surface area contributed by atoms with E-state index in [2.05, 4.69) is 47.8 Å². The highest BCUT2D eigenvalue weighted by Gasteiger charge is 2.59. The fourth-order valence-corrected chi connectivity index (χ4v) is 3.79. The number of aryl methyl sites for hydroxylation is 1. The van der Waals surface area contributed by atoms with E-state index in [4.69, 9.17) is 0 Å². The molecule has 1 aliphatic carbocycles. The van der Waals surface area contributed by atoms with Crippen LogP contribution in [0.25, 0.3) is 0 Å². The van der Waals surface area contributed by atoms with E-state index in [9.17, 15) is 26.3 Å². The van der Waals surface area contributed by atoms with Crippen LogP contribution in [0, 0.1) is 17.8 Å². The predicted molar refractivity (Wildman–Crippen MR) is 110 cm³/mol. The first-order valence-corrected chi connectivity index (χ1v) is 10.6. The average molecular weight is 454 g/mol. The predicted octanol–water partition coefficient (Wildman–Crippen LogP) is 7.45. The van der Waals surface area contributed by atoms with Crippen LogP contribution in [0.4, 0.5) is 26.3 Å². The molecule has 0 saturated heterocycles. The number of hydrogen-bond donors (Lipinski definition) is 0. The Labute approximate surface area is 183 Å². The third-order valence-electron chi connectivity index (χ3n) is 5.70. The average Bonchev–Trinajstić information content (AvgIpc) is 2.78. The monoisotopic (exact) mass is 454 g/mol. The highest BCUT2D eigenvalue weighted by Crippen LogP contribution is 2.37. The first-order chi connectivity index (χ1) is 15.1. The molecule has 0 radical (unpaired) electrons. The van der Waals surface area contributed by atoms with E-state index in [1.807, 2.05) is 0 Å². The molecule has 1 unspecified atom stereocenters. The third kappa shape index (κ3) is 6.21. The van der Waals surface area contributed by atoms with Gasteiger partial charge in [-0.1, -0.05) is 43.0 Å². The van der Waals surface area contributed by atoms with Gasteiger partial charge in [-0.3, -0.25) is 0 Å². The van der Waals surface area contributed by atoms with Crippen molar-refractivity contribution in [2.45, 2.75) is 63.4 Å². The molecular weight excluding hydrogens is 430 g/mol. The van der Waals surface area contributed by atoms with E-state index in [1.165, 1.54) is 23.3 Å². The summed E-state index contributed by atoms with van der Waals surface area (Å²) in [4.78, 5) is 0. The highest BCUT2D eigenvalue weighted by atomic mass is 19.4. The van der Waals surface area contributed by atoms with Gasteiger partial charge in [0.25, 0.3) is 6.17 Å². The van der Waals surface area contributed by atoms with Crippen molar-refractivity contribution in [3.05, 3.63) is 65.2 Å². The number of hydrogen-bond acceptors (Lipinski definition) is 1. The number of ether oxygens (including phenoxy) is 1. The Balaban J connectivity index is 1.54. The van der Waals surface area contributed by atoms with E-state index in [-0.39, 0.29) is 5.92 Å². The number of benzene rings is 2. The quantitative estimate of drug-likeness (QED) is 0.337. The van der Waals surface area contributed by atoms with Gasteiger partial charge in [-0.05, 0) is 73.4 Å². The molecule has 2 aromatic carbocycles. The summed E-state index contributed by atoms with van der Waals surface area (Å²) in [5.41, 5.74) is 3.19. The molecule has 1 fully saturated rings. The summed E-state index contributed by atoms with van der Waals surface area (Å²) in [6, 6.07) is 13.6. The number of alkyl halides is 6. The Morgan fingerprint density at radius 3 is 2.03 bits per heavy atom. The highest BCUT2D eigenvalue weighted by molar-refractivity contribution is 5.39. The molecule has 1 atom stereocenters. The van der Waals surface area contributed by atoms with Crippen LogP contribution in [0.5, 0.6) is 5.75 Å². The fraction of sp³-hybridized carbons (Fsp3) is 0.440. The molecule has 172 valence electrons. The van der Waals surface area contributed by atoms with Gasteiger partial charge in [0.1, 0.15) is 5.75 Å². The molecule has 2 aromatic rings. The van der Waals surface area contributed by atoms with Gasteiger partial charge in [0.2, 0.25) is 0 Å². The molecule has 32 heavy (non-hydrogen) atoms. The molecule has 1 nitrogen and oxygen atoms in total. The smallest absolute Gasteiger partial charge is 0.430 e. The lowest BCUT2D eigenvalue weighted by Gasteiger charge is -2.26. The van der Waals surface area contributed by atoms with Crippen LogP contribution in [-0.2, 0) is 6.42 Å². The maximum absolute atomic E-state index is 13.3.